The molecule has 0 aromatic carbocycles. The summed E-state index contributed by atoms with van der Waals surface area (Å²) < 4.78 is 0. The molecule has 2 unspecified atom stereocenters. The lowest BCUT2D eigenvalue weighted by Crippen LogP contribution is -2.30. The van der Waals surface area contributed by atoms with Crippen LogP contribution in [-0.4, -0.2) is 27.8 Å². The fourth-order valence-electron chi connectivity index (χ4n) is 2.55. The van der Waals surface area contributed by atoms with Crippen molar-refractivity contribution < 1.29 is 0 Å². The number of nitrogens with zero attached hydrogens (tertiary/aromatic N) is 3. The number of anilines is 1. The normalized spacial score (nSPS) is 23.3. The van der Waals surface area contributed by atoms with Crippen molar-refractivity contribution in [2.45, 2.75) is 52.0 Å². The maximum Gasteiger partial charge on any atom is 0.242 e. The minimum Gasteiger partial charge on any atom is -0.353 e. The van der Waals surface area contributed by atoms with Crippen molar-refractivity contribution in [1.82, 2.24) is 15.2 Å². The molecule has 0 saturated heterocycles. The third-order valence-electron chi connectivity index (χ3n) is 3.75. The Morgan fingerprint density at radius 1 is 1.17 bits per heavy atom. The highest BCUT2D eigenvalue weighted by Crippen LogP contribution is 2.23. The van der Waals surface area contributed by atoms with E-state index in [1.54, 1.807) is 0 Å². The quantitative estimate of drug-likeness (QED) is 0.827. The van der Waals surface area contributed by atoms with Gasteiger partial charge in [0.2, 0.25) is 5.95 Å². The topological polar surface area (TPSA) is 76.7 Å². The minimum atomic E-state index is 0.325. The lowest BCUT2D eigenvalue weighted by Gasteiger charge is -2.16. The van der Waals surface area contributed by atoms with Crippen LogP contribution in [0.4, 0.5) is 5.95 Å². The highest BCUT2D eigenvalue weighted by atomic mass is 15.2. The van der Waals surface area contributed by atoms with Crippen LogP contribution in [0.25, 0.3) is 0 Å². The number of nitrogens with two attached hydrogens (primary N) is 1. The van der Waals surface area contributed by atoms with Crippen molar-refractivity contribution in [3.63, 3.8) is 0 Å². The van der Waals surface area contributed by atoms with E-state index in [0.29, 0.717) is 17.9 Å². The van der Waals surface area contributed by atoms with E-state index in [1.807, 2.05) is 0 Å². The zero-order valence-corrected chi connectivity index (χ0v) is 11.3. The molecule has 5 heteroatoms. The largest absolute Gasteiger partial charge is 0.353 e. The first-order valence-corrected chi connectivity index (χ1v) is 6.96. The van der Waals surface area contributed by atoms with E-state index in [0.717, 1.165) is 37.2 Å². The van der Waals surface area contributed by atoms with Gasteiger partial charge in [0.1, 0.15) is 0 Å². The van der Waals surface area contributed by atoms with Gasteiger partial charge in [0, 0.05) is 12.6 Å². The molecule has 1 aliphatic carbocycles. The molecule has 1 aliphatic rings. The zero-order valence-electron chi connectivity index (χ0n) is 11.3. The third-order valence-corrected chi connectivity index (χ3v) is 3.75. The summed E-state index contributed by atoms with van der Waals surface area (Å²) in [4.78, 5) is 4.52. The summed E-state index contributed by atoms with van der Waals surface area (Å²) in [6.07, 6.45) is 5.37. The zero-order chi connectivity index (χ0) is 13.0. The molecular weight excluding hydrogens is 226 g/mol. The molecule has 0 spiro atoms. The van der Waals surface area contributed by atoms with E-state index in [-0.39, 0.29) is 0 Å². The number of rotatable bonds is 5. The molecule has 2 rings (SSSR count). The van der Waals surface area contributed by atoms with Crippen molar-refractivity contribution in [3.05, 3.63) is 11.4 Å². The van der Waals surface area contributed by atoms with Crippen molar-refractivity contribution in [1.29, 1.82) is 0 Å². The molecule has 1 saturated carbocycles. The Morgan fingerprint density at radius 3 is 2.56 bits per heavy atom. The van der Waals surface area contributed by atoms with Gasteiger partial charge in [0.05, 0.1) is 11.4 Å². The molecule has 1 aromatic rings. The Bertz CT molecular complexity index is 393. The molecule has 0 amide bonds. The Morgan fingerprint density at radius 2 is 1.94 bits per heavy atom. The number of aryl methyl sites for hydroxylation is 2. The molecule has 18 heavy (non-hydrogen) atoms. The number of nitrogens with one attached hydrogen (secondary N) is 1. The van der Waals surface area contributed by atoms with Crippen LogP contribution in [0.2, 0.25) is 0 Å². The fourth-order valence-corrected chi connectivity index (χ4v) is 2.55. The van der Waals surface area contributed by atoms with Gasteiger partial charge in [-0.05, 0) is 31.6 Å². The van der Waals surface area contributed by atoms with E-state index in [4.69, 9.17) is 5.73 Å². The van der Waals surface area contributed by atoms with Gasteiger partial charge in [-0.15, -0.1) is 5.10 Å². The first-order chi connectivity index (χ1) is 8.74. The van der Waals surface area contributed by atoms with Gasteiger partial charge in [0.15, 0.2) is 0 Å². The van der Waals surface area contributed by atoms with Crippen LogP contribution in [0.15, 0.2) is 0 Å². The maximum absolute atomic E-state index is 6.05. The standard InChI is InChI=1S/C13H23N5/c1-3-11-12(4-2)17-18-13(16-11)15-8-9-6-5-7-10(9)14/h9-10H,3-8,14H2,1-2H3,(H,15,16,18). The molecule has 1 fully saturated rings. The van der Waals surface area contributed by atoms with Gasteiger partial charge in [-0.3, -0.25) is 0 Å². The van der Waals surface area contributed by atoms with Gasteiger partial charge < -0.3 is 11.1 Å². The molecule has 100 valence electrons. The summed E-state index contributed by atoms with van der Waals surface area (Å²) in [7, 11) is 0. The third kappa shape index (κ3) is 2.96. The van der Waals surface area contributed by atoms with E-state index in [9.17, 15) is 0 Å². The Hall–Kier alpha value is -1.23. The van der Waals surface area contributed by atoms with Crippen LogP contribution in [0.1, 0.15) is 44.5 Å². The minimum absolute atomic E-state index is 0.325. The average Bonchev–Trinajstić information content (AvgIpc) is 2.81. The summed E-state index contributed by atoms with van der Waals surface area (Å²) in [5.41, 5.74) is 8.10. The van der Waals surface area contributed by atoms with Crippen molar-refractivity contribution in [2.24, 2.45) is 11.7 Å². The SMILES string of the molecule is CCc1nnc(NCC2CCCC2N)nc1CC. The lowest BCUT2D eigenvalue weighted by atomic mass is 10.1. The lowest BCUT2D eigenvalue weighted by molar-refractivity contribution is 0.503. The smallest absolute Gasteiger partial charge is 0.242 e. The predicted molar refractivity (Wildman–Crippen MR) is 72.4 cm³/mol. The Balaban J connectivity index is 1.97. The molecule has 1 aromatic heterocycles. The molecular formula is C13H23N5. The molecule has 3 N–H and O–H groups in total. The predicted octanol–water partition coefficient (Wildman–Crippen LogP) is 1.54. The Labute approximate surface area is 109 Å². The van der Waals surface area contributed by atoms with Gasteiger partial charge in [-0.25, -0.2) is 4.98 Å². The van der Waals surface area contributed by atoms with Crippen LogP contribution in [0.3, 0.4) is 0 Å². The summed E-state index contributed by atoms with van der Waals surface area (Å²) in [5, 5.41) is 11.6. The summed E-state index contributed by atoms with van der Waals surface area (Å²) >= 11 is 0. The van der Waals surface area contributed by atoms with Gasteiger partial charge in [0.25, 0.3) is 0 Å². The molecule has 5 nitrogen and oxygen atoms in total. The van der Waals surface area contributed by atoms with Crippen LogP contribution in [0.5, 0.6) is 0 Å². The number of aromatic nitrogens is 3. The maximum atomic E-state index is 6.05. The van der Waals surface area contributed by atoms with E-state index in [2.05, 4.69) is 34.3 Å². The van der Waals surface area contributed by atoms with E-state index in [1.165, 1.54) is 12.8 Å². The summed E-state index contributed by atoms with van der Waals surface area (Å²) in [6.45, 7) is 5.03. The van der Waals surface area contributed by atoms with E-state index < -0.39 is 0 Å². The van der Waals surface area contributed by atoms with Crippen LogP contribution in [0, 0.1) is 5.92 Å². The second kappa shape index (κ2) is 6.09. The molecule has 1 heterocycles. The molecule has 0 bridgehead atoms. The first kappa shape index (κ1) is 13.2. The van der Waals surface area contributed by atoms with E-state index >= 15 is 0 Å². The monoisotopic (exact) mass is 249 g/mol. The second-order valence-electron chi connectivity index (χ2n) is 4.97. The van der Waals surface area contributed by atoms with Crippen molar-refractivity contribution in [3.8, 4) is 0 Å². The van der Waals surface area contributed by atoms with Crippen molar-refractivity contribution >= 4 is 5.95 Å². The number of hydrogen-bond acceptors (Lipinski definition) is 5. The second-order valence-corrected chi connectivity index (χ2v) is 4.97. The van der Waals surface area contributed by atoms with Crippen LogP contribution < -0.4 is 11.1 Å². The summed E-state index contributed by atoms with van der Waals surface area (Å²) in [6, 6.07) is 0.325. The molecule has 2 atom stereocenters. The van der Waals surface area contributed by atoms with Crippen molar-refractivity contribution in [2.75, 3.05) is 11.9 Å². The summed E-state index contributed by atoms with van der Waals surface area (Å²) in [5.74, 6) is 1.19. The van der Waals surface area contributed by atoms with Crippen LogP contribution >= 0.6 is 0 Å². The number of hydrogen-bond donors (Lipinski definition) is 2. The highest BCUT2D eigenvalue weighted by molar-refractivity contribution is 5.26. The average molecular weight is 249 g/mol. The highest BCUT2D eigenvalue weighted by Gasteiger charge is 2.23. The van der Waals surface area contributed by atoms with Gasteiger partial charge >= 0.3 is 0 Å². The first-order valence-electron chi connectivity index (χ1n) is 6.96. The Kier molecular flexibility index (Phi) is 4.47. The van der Waals surface area contributed by atoms with Gasteiger partial charge in [-0.2, -0.15) is 5.10 Å². The molecule has 0 aliphatic heterocycles. The fraction of sp³-hybridized carbons (Fsp3) is 0.769. The van der Waals surface area contributed by atoms with Gasteiger partial charge in [-0.1, -0.05) is 20.3 Å². The van der Waals surface area contributed by atoms with Crippen LogP contribution in [-0.2, 0) is 12.8 Å². The molecule has 0 radical (unpaired) electrons.